The van der Waals surface area contributed by atoms with Crippen molar-refractivity contribution in [2.45, 2.75) is 6.42 Å². The van der Waals surface area contributed by atoms with Gasteiger partial charge in [0.2, 0.25) is 5.91 Å². The van der Waals surface area contributed by atoms with Gasteiger partial charge in [-0.05, 0) is 23.4 Å². The zero-order chi connectivity index (χ0) is 18.6. The summed E-state index contributed by atoms with van der Waals surface area (Å²) in [5, 5.41) is 5.16. The van der Waals surface area contributed by atoms with E-state index in [0.717, 1.165) is 48.3 Å². The van der Waals surface area contributed by atoms with Crippen LogP contribution in [-0.4, -0.2) is 54.0 Å². The lowest BCUT2D eigenvalue weighted by Crippen LogP contribution is -2.44. The van der Waals surface area contributed by atoms with Gasteiger partial charge in [0.15, 0.2) is 0 Å². The van der Waals surface area contributed by atoms with E-state index in [1.54, 1.807) is 0 Å². The van der Waals surface area contributed by atoms with Gasteiger partial charge in [-0.2, -0.15) is 0 Å². The van der Waals surface area contributed by atoms with Crippen molar-refractivity contribution in [3.8, 4) is 0 Å². The van der Waals surface area contributed by atoms with E-state index < -0.39 is 0 Å². The van der Waals surface area contributed by atoms with Crippen LogP contribution in [0.1, 0.15) is 5.56 Å². The Morgan fingerprint density at radius 3 is 2.67 bits per heavy atom. The predicted molar refractivity (Wildman–Crippen MR) is 108 cm³/mol. The maximum absolute atomic E-state index is 12.6. The van der Waals surface area contributed by atoms with Crippen molar-refractivity contribution >= 4 is 28.3 Å². The Morgan fingerprint density at radius 2 is 1.81 bits per heavy atom. The first-order chi connectivity index (χ1) is 13.2. The number of hydrogen-bond donors (Lipinski definition) is 1. The van der Waals surface area contributed by atoms with Gasteiger partial charge in [0.05, 0.1) is 6.42 Å². The van der Waals surface area contributed by atoms with E-state index in [1.807, 2.05) is 36.4 Å². The van der Waals surface area contributed by atoms with Crippen LogP contribution in [0.15, 0.2) is 54.9 Å². The van der Waals surface area contributed by atoms with Gasteiger partial charge in [-0.15, -0.1) is 0 Å². The number of carbonyl (C=O) groups is 1. The number of aromatic nitrogens is 2. The lowest BCUT2D eigenvalue weighted by Gasteiger charge is -2.33. The lowest BCUT2D eigenvalue weighted by molar-refractivity contribution is -0.115. The molecule has 0 atom stereocenters. The molecule has 0 spiro atoms. The number of rotatable bonds is 4. The quantitative estimate of drug-likeness (QED) is 0.774. The largest absolute Gasteiger partial charge is 0.354 e. The first-order valence-corrected chi connectivity index (χ1v) is 9.21. The van der Waals surface area contributed by atoms with Crippen molar-refractivity contribution in [2.24, 2.45) is 0 Å². The predicted octanol–water partition coefficient (Wildman–Crippen LogP) is 2.56. The van der Waals surface area contributed by atoms with Gasteiger partial charge in [-0.3, -0.25) is 4.79 Å². The Labute approximate surface area is 158 Å². The van der Waals surface area contributed by atoms with Crippen LogP contribution in [0, 0.1) is 0 Å². The van der Waals surface area contributed by atoms with E-state index in [0.29, 0.717) is 12.2 Å². The van der Waals surface area contributed by atoms with Gasteiger partial charge in [-0.25, -0.2) is 9.97 Å². The molecule has 2 aromatic carbocycles. The summed E-state index contributed by atoms with van der Waals surface area (Å²) in [6.07, 6.45) is 1.83. The molecule has 1 fully saturated rings. The Bertz CT molecular complexity index is 945. The molecule has 6 heteroatoms. The molecule has 0 radical (unpaired) electrons. The van der Waals surface area contributed by atoms with Crippen LogP contribution in [0.3, 0.4) is 0 Å². The van der Waals surface area contributed by atoms with Crippen LogP contribution >= 0.6 is 0 Å². The second-order valence-electron chi connectivity index (χ2n) is 6.91. The van der Waals surface area contributed by atoms with Gasteiger partial charge in [0.1, 0.15) is 18.0 Å². The molecule has 1 aliphatic rings. The number of nitrogens with zero attached hydrogens (tertiary/aromatic N) is 4. The van der Waals surface area contributed by atoms with Crippen LogP contribution < -0.4 is 10.2 Å². The Balaban J connectivity index is 1.46. The van der Waals surface area contributed by atoms with Crippen LogP contribution in [0.5, 0.6) is 0 Å². The molecule has 1 saturated heterocycles. The molecule has 27 heavy (non-hydrogen) atoms. The third kappa shape index (κ3) is 4.06. The second kappa shape index (κ2) is 7.72. The maximum atomic E-state index is 12.6. The van der Waals surface area contributed by atoms with Gasteiger partial charge in [-0.1, -0.05) is 42.5 Å². The van der Waals surface area contributed by atoms with Gasteiger partial charge in [0, 0.05) is 32.2 Å². The number of carbonyl (C=O) groups excluding carboxylic acids is 1. The van der Waals surface area contributed by atoms with Crippen LogP contribution in [0.2, 0.25) is 0 Å². The minimum absolute atomic E-state index is 0.0746. The fourth-order valence-electron chi connectivity index (χ4n) is 3.43. The topological polar surface area (TPSA) is 61.4 Å². The van der Waals surface area contributed by atoms with Crippen LogP contribution in [0.4, 0.5) is 11.6 Å². The highest BCUT2D eigenvalue weighted by atomic mass is 16.1. The van der Waals surface area contributed by atoms with Crippen molar-refractivity contribution in [3.63, 3.8) is 0 Å². The third-order valence-corrected chi connectivity index (χ3v) is 4.98. The lowest BCUT2D eigenvalue weighted by atomic mass is 10.0. The fraction of sp³-hybridized carbons (Fsp3) is 0.286. The summed E-state index contributed by atoms with van der Waals surface area (Å²) in [5.74, 6) is 1.33. The number of piperazine rings is 1. The Hall–Kier alpha value is -2.99. The highest BCUT2D eigenvalue weighted by Crippen LogP contribution is 2.20. The van der Waals surface area contributed by atoms with E-state index in [-0.39, 0.29) is 5.91 Å². The van der Waals surface area contributed by atoms with Crippen molar-refractivity contribution < 1.29 is 4.79 Å². The first-order valence-electron chi connectivity index (χ1n) is 9.21. The summed E-state index contributed by atoms with van der Waals surface area (Å²) in [7, 11) is 2.12. The molecule has 0 saturated carbocycles. The minimum Gasteiger partial charge on any atom is -0.354 e. The van der Waals surface area contributed by atoms with Crippen LogP contribution in [0.25, 0.3) is 10.8 Å². The Morgan fingerprint density at radius 1 is 1.04 bits per heavy atom. The molecular formula is C21H23N5O. The van der Waals surface area contributed by atoms with Crippen molar-refractivity contribution in [2.75, 3.05) is 43.4 Å². The van der Waals surface area contributed by atoms with E-state index >= 15 is 0 Å². The molecule has 1 aliphatic heterocycles. The maximum Gasteiger partial charge on any atom is 0.229 e. The third-order valence-electron chi connectivity index (χ3n) is 4.98. The van der Waals surface area contributed by atoms with E-state index in [1.165, 1.54) is 6.33 Å². The first kappa shape index (κ1) is 17.4. The molecule has 0 aliphatic carbocycles. The number of hydrogen-bond acceptors (Lipinski definition) is 5. The summed E-state index contributed by atoms with van der Waals surface area (Å²) in [5.41, 5.74) is 1.01. The van der Waals surface area contributed by atoms with Crippen LogP contribution in [-0.2, 0) is 11.2 Å². The number of anilines is 2. The molecule has 4 rings (SSSR count). The molecule has 2 heterocycles. The molecule has 3 aromatic rings. The van der Waals surface area contributed by atoms with Gasteiger partial charge < -0.3 is 15.1 Å². The average Bonchev–Trinajstić information content (AvgIpc) is 2.69. The number of nitrogens with one attached hydrogen (secondary N) is 1. The van der Waals surface area contributed by atoms with E-state index in [2.05, 4.69) is 44.3 Å². The normalized spacial score (nSPS) is 15.1. The molecular weight excluding hydrogens is 338 g/mol. The zero-order valence-electron chi connectivity index (χ0n) is 15.4. The summed E-state index contributed by atoms with van der Waals surface area (Å²) in [6.45, 7) is 3.87. The number of amides is 1. The summed E-state index contributed by atoms with van der Waals surface area (Å²) < 4.78 is 0. The molecule has 1 aromatic heterocycles. The summed E-state index contributed by atoms with van der Waals surface area (Å²) in [4.78, 5) is 25.7. The molecule has 1 N–H and O–H groups in total. The standard InChI is InChI=1S/C21H23N5O/c1-25-9-11-26(12-10-25)20-14-19(22-15-23-20)24-21(27)13-17-7-4-6-16-5-2-3-8-18(16)17/h2-8,14-15H,9-13H2,1H3,(H,22,23,24,27). The Kier molecular flexibility index (Phi) is 4.98. The van der Waals surface area contributed by atoms with Crippen molar-refractivity contribution in [1.29, 1.82) is 0 Å². The molecule has 0 unspecified atom stereocenters. The number of benzene rings is 2. The van der Waals surface area contributed by atoms with Crippen molar-refractivity contribution in [3.05, 3.63) is 60.4 Å². The second-order valence-corrected chi connectivity index (χ2v) is 6.91. The average molecular weight is 361 g/mol. The summed E-state index contributed by atoms with van der Waals surface area (Å²) >= 11 is 0. The highest BCUT2D eigenvalue weighted by Gasteiger charge is 2.16. The van der Waals surface area contributed by atoms with E-state index in [9.17, 15) is 4.79 Å². The van der Waals surface area contributed by atoms with E-state index in [4.69, 9.17) is 0 Å². The zero-order valence-corrected chi connectivity index (χ0v) is 15.4. The van der Waals surface area contributed by atoms with Gasteiger partial charge >= 0.3 is 0 Å². The molecule has 138 valence electrons. The number of likely N-dealkylation sites (N-methyl/N-ethyl adjacent to an activating group) is 1. The molecule has 0 bridgehead atoms. The smallest absolute Gasteiger partial charge is 0.229 e. The monoisotopic (exact) mass is 361 g/mol. The fourth-order valence-corrected chi connectivity index (χ4v) is 3.43. The summed E-state index contributed by atoms with van der Waals surface area (Å²) in [6, 6.07) is 16.0. The molecule has 1 amide bonds. The SMILES string of the molecule is CN1CCN(c2cc(NC(=O)Cc3cccc4ccccc34)ncn2)CC1. The number of fused-ring (bicyclic) bond motifs is 1. The van der Waals surface area contributed by atoms with Crippen molar-refractivity contribution in [1.82, 2.24) is 14.9 Å². The molecule has 6 nitrogen and oxygen atoms in total. The highest BCUT2D eigenvalue weighted by molar-refractivity contribution is 5.95. The minimum atomic E-state index is -0.0746. The van der Waals surface area contributed by atoms with Gasteiger partial charge in [0.25, 0.3) is 0 Å².